The molecule has 0 fully saturated rings. The standard InChI is InChI=1S/C15H16BrNS/c16-13-7-4-8-15(10-13)18-11-14(17)9-12-5-2-1-3-6-12/h1-8,10,14H,9,11,17H2. The van der Waals surface area contributed by atoms with Gasteiger partial charge in [-0.05, 0) is 30.2 Å². The van der Waals surface area contributed by atoms with Crippen molar-refractivity contribution in [1.29, 1.82) is 0 Å². The predicted molar refractivity (Wildman–Crippen MR) is 83.0 cm³/mol. The minimum absolute atomic E-state index is 0.191. The molecule has 0 heterocycles. The molecule has 2 aromatic rings. The quantitative estimate of drug-likeness (QED) is 0.838. The Kier molecular flexibility index (Phi) is 5.29. The predicted octanol–water partition coefficient (Wildman–Crippen LogP) is 4.11. The summed E-state index contributed by atoms with van der Waals surface area (Å²) < 4.78 is 1.11. The molecular weight excluding hydrogens is 306 g/mol. The minimum Gasteiger partial charge on any atom is -0.327 e. The van der Waals surface area contributed by atoms with Crippen LogP contribution in [0, 0.1) is 0 Å². The Morgan fingerprint density at radius 1 is 1.06 bits per heavy atom. The van der Waals surface area contributed by atoms with Crippen LogP contribution in [-0.2, 0) is 6.42 Å². The molecule has 0 amide bonds. The minimum atomic E-state index is 0.191. The van der Waals surface area contributed by atoms with E-state index < -0.39 is 0 Å². The Bertz CT molecular complexity index is 487. The van der Waals surface area contributed by atoms with Gasteiger partial charge in [-0.3, -0.25) is 0 Å². The van der Waals surface area contributed by atoms with Gasteiger partial charge in [0, 0.05) is 21.2 Å². The Labute approximate surface area is 121 Å². The fourth-order valence-corrected chi connectivity index (χ4v) is 3.20. The van der Waals surface area contributed by atoms with Gasteiger partial charge in [0.1, 0.15) is 0 Å². The molecule has 2 rings (SSSR count). The number of benzene rings is 2. The fourth-order valence-electron chi connectivity index (χ4n) is 1.74. The lowest BCUT2D eigenvalue weighted by atomic mass is 10.1. The topological polar surface area (TPSA) is 26.0 Å². The highest BCUT2D eigenvalue weighted by atomic mass is 79.9. The van der Waals surface area contributed by atoms with Crippen molar-refractivity contribution >= 4 is 27.7 Å². The lowest BCUT2D eigenvalue weighted by molar-refractivity contribution is 0.749. The molecule has 0 aliphatic heterocycles. The summed E-state index contributed by atoms with van der Waals surface area (Å²) >= 11 is 5.29. The van der Waals surface area contributed by atoms with E-state index in [-0.39, 0.29) is 6.04 Å². The second-order valence-electron chi connectivity index (χ2n) is 4.22. The summed E-state index contributed by atoms with van der Waals surface area (Å²) in [6.45, 7) is 0. The summed E-state index contributed by atoms with van der Waals surface area (Å²) in [7, 11) is 0. The van der Waals surface area contributed by atoms with Crippen molar-refractivity contribution in [3.63, 3.8) is 0 Å². The second-order valence-corrected chi connectivity index (χ2v) is 6.23. The zero-order valence-electron chi connectivity index (χ0n) is 10.1. The van der Waals surface area contributed by atoms with E-state index in [0.717, 1.165) is 16.6 Å². The van der Waals surface area contributed by atoms with E-state index in [9.17, 15) is 0 Å². The van der Waals surface area contributed by atoms with E-state index in [4.69, 9.17) is 5.73 Å². The Morgan fingerprint density at radius 2 is 1.83 bits per heavy atom. The van der Waals surface area contributed by atoms with Crippen molar-refractivity contribution in [3.05, 3.63) is 64.6 Å². The van der Waals surface area contributed by atoms with Gasteiger partial charge >= 0.3 is 0 Å². The van der Waals surface area contributed by atoms with Crippen LogP contribution in [0.25, 0.3) is 0 Å². The summed E-state index contributed by atoms with van der Waals surface area (Å²) in [4.78, 5) is 1.26. The third-order valence-corrected chi connectivity index (χ3v) is 4.28. The van der Waals surface area contributed by atoms with Crippen LogP contribution in [0.5, 0.6) is 0 Å². The van der Waals surface area contributed by atoms with Gasteiger partial charge in [-0.25, -0.2) is 0 Å². The van der Waals surface area contributed by atoms with E-state index >= 15 is 0 Å². The molecule has 0 aliphatic rings. The van der Waals surface area contributed by atoms with Crippen LogP contribution in [0.1, 0.15) is 5.56 Å². The number of hydrogen-bond donors (Lipinski definition) is 1. The van der Waals surface area contributed by atoms with E-state index in [1.807, 2.05) is 12.1 Å². The highest BCUT2D eigenvalue weighted by Gasteiger charge is 2.05. The van der Waals surface area contributed by atoms with E-state index in [1.165, 1.54) is 10.5 Å². The SMILES string of the molecule is NC(CSc1cccc(Br)c1)Cc1ccccc1. The average molecular weight is 322 g/mol. The maximum absolute atomic E-state index is 6.16. The molecule has 94 valence electrons. The number of halogens is 1. The second kappa shape index (κ2) is 6.98. The van der Waals surface area contributed by atoms with Gasteiger partial charge in [-0.2, -0.15) is 0 Å². The van der Waals surface area contributed by atoms with Crippen molar-refractivity contribution in [2.45, 2.75) is 17.4 Å². The molecule has 3 heteroatoms. The van der Waals surface area contributed by atoms with Crippen molar-refractivity contribution in [2.75, 3.05) is 5.75 Å². The summed E-state index contributed by atoms with van der Waals surface area (Å²) in [5, 5.41) is 0. The van der Waals surface area contributed by atoms with Crippen molar-refractivity contribution in [3.8, 4) is 0 Å². The van der Waals surface area contributed by atoms with Gasteiger partial charge in [-0.15, -0.1) is 11.8 Å². The maximum Gasteiger partial charge on any atom is 0.0186 e. The lowest BCUT2D eigenvalue weighted by Crippen LogP contribution is -2.25. The highest BCUT2D eigenvalue weighted by molar-refractivity contribution is 9.10. The molecule has 0 bridgehead atoms. The summed E-state index contributed by atoms with van der Waals surface area (Å²) in [6.07, 6.45) is 0.932. The normalized spacial score (nSPS) is 12.3. The molecule has 0 aliphatic carbocycles. The molecule has 0 spiro atoms. The molecule has 2 aromatic carbocycles. The summed E-state index contributed by atoms with van der Waals surface area (Å²) in [5.41, 5.74) is 7.46. The molecular formula is C15H16BrNS. The molecule has 0 saturated heterocycles. The van der Waals surface area contributed by atoms with Crippen LogP contribution in [0.4, 0.5) is 0 Å². The third kappa shape index (κ3) is 4.48. The Morgan fingerprint density at radius 3 is 2.56 bits per heavy atom. The van der Waals surface area contributed by atoms with E-state index in [1.54, 1.807) is 11.8 Å². The first-order valence-corrected chi connectivity index (χ1v) is 7.70. The van der Waals surface area contributed by atoms with E-state index in [2.05, 4.69) is 58.4 Å². The molecule has 0 saturated carbocycles. The van der Waals surface area contributed by atoms with Gasteiger partial charge in [0.25, 0.3) is 0 Å². The van der Waals surface area contributed by atoms with Crippen molar-refractivity contribution in [1.82, 2.24) is 0 Å². The first kappa shape index (κ1) is 13.7. The van der Waals surface area contributed by atoms with Gasteiger partial charge < -0.3 is 5.73 Å². The molecule has 1 atom stereocenters. The first-order chi connectivity index (χ1) is 8.74. The van der Waals surface area contributed by atoms with Crippen LogP contribution in [0.2, 0.25) is 0 Å². The zero-order chi connectivity index (χ0) is 12.8. The molecule has 0 radical (unpaired) electrons. The van der Waals surface area contributed by atoms with Crippen molar-refractivity contribution < 1.29 is 0 Å². The molecule has 1 unspecified atom stereocenters. The Balaban J connectivity index is 1.83. The van der Waals surface area contributed by atoms with Crippen LogP contribution >= 0.6 is 27.7 Å². The smallest absolute Gasteiger partial charge is 0.0186 e. The Hall–Kier alpha value is -0.770. The van der Waals surface area contributed by atoms with Crippen molar-refractivity contribution in [2.24, 2.45) is 5.73 Å². The summed E-state index contributed by atoms with van der Waals surface area (Å²) in [6, 6.07) is 18.9. The first-order valence-electron chi connectivity index (χ1n) is 5.92. The number of thioether (sulfide) groups is 1. The highest BCUT2D eigenvalue weighted by Crippen LogP contribution is 2.22. The average Bonchev–Trinajstić information content (AvgIpc) is 2.38. The van der Waals surface area contributed by atoms with Crippen LogP contribution in [0.3, 0.4) is 0 Å². The van der Waals surface area contributed by atoms with Gasteiger partial charge in [0.15, 0.2) is 0 Å². The fraction of sp³-hybridized carbons (Fsp3) is 0.200. The zero-order valence-corrected chi connectivity index (χ0v) is 12.5. The van der Waals surface area contributed by atoms with E-state index in [0.29, 0.717) is 0 Å². The van der Waals surface area contributed by atoms with Crippen LogP contribution < -0.4 is 5.73 Å². The monoisotopic (exact) mass is 321 g/mol. The molecule has 1 nitrogen and oxygen atoms in total. The largest absolute Gasteiger partial charge is 0.327 e. The van der Waals surface area contributed by atoms with Gasteiger partial charge in [0.05, 0.1) is 0 Å². The summed E-state index contributed by atoms with van der Waals surface area (Å²) in [5.74, 6) is 0.936. The molecule has 18 heavy (non-hydrogen) atoms. The number of nitrogens with two attached hydrogens (primary N) is 1. The van der Waals surface area contributed by atoms with Crippen LogP contribution in [0.15, 0.2) is 64.0 Å². The number of hydrogen-bond acceptors (Lipinski definition) is 2. The molecule has 0 aromatic heterocycles. The maximum atomic E-state index is 6.16. The van der Waals surface area contributed by atoms with Crippen LogP contribution in [-0.4, -0.2) is 11.8 Å². The van der Waals surface area contributed by atoms with Gasteiger partial charge in [-0.1, -0.05) is 52.3 Å². The van der Waals surface area contributed by atoms with Gasteiger partial charge in [0.2, 0.25) is 0 Å². The lowest BCUT2D eigenvalue weighted by Gasteiger charge is -2.11. The number of rotatable bonds is 5. The third-order valence-electron chi connectivity index (χ3n) is 2.60. The molecule has 2 N–H and O–H groups in total.